The van der Waals surface area contributed by atoms with Crippen molar-refractivity contribution in [3.63, 3.8) is 0 Å². The van der Waals surface area contributed by atoms with Crippen LogP contribution in [-0.4, -0.2) is 6.22 Å². The van der Waals surface area contributed by atoms with Crippen molar-refractivity contribution >= 4 is 27.8 Å². The van der Waals surface area contributed by atoms with Gasteiger partial charge in [0.2, 0.25) is 0 Å². The largest absolute Gasteiger partial charge is 0.165 e. The molecule has 32 heavy (non-hydrogen) atoms. The molecule has 0 atom stereocenters. The summed E-state index contributed by atoms with van der Waals surface area (Å²) in [5.74, 6) is 1.73. The Morgan fingerprint density at radius 1 is 0.812 bits per heavy atom. The van der Waals surface area contributed by atoms with Gasteiger partial charge in [0.15, 0.2) is 0 Å². The van der Waals surface area contributed by atoms with Gasteiger partial charge in [-0.1, -0.05) is 37.1 Å². The van der Waals surface area contributed by atoms with E-state index in [-0.39, 0.29) is 0 Å². The van der Waals surface area contributed by atoms with Gasteiger partial charge in [-0.3, -0.25) is 0 Å². The maximum atomic E-state index is 2.32. The third kappa shape index (κ3) is 6.20. The van der Waals surface area contributed by atoms with Gasteiger partial charge in [-0.05, 0) is 37.5 Å². The number of rotatable bonds is 5. The van der Waals surface area contributed by atoms with Gasteiger partial charge in [0, 0.05) is 0 Å². The van der Waals surface area contributed by atoms with Crippen LogP contribution in [0.1, 0.15) is 79.5 Å². The van der Waals surface area contributed by atoms with Gasteiger partial charge in [0.25, 0.3) is 0 Å². The predicted octanol–water partition coefficient (Wildman–Crippen LogP) is 8.86. The molecule has 0 aromatic heterocycles. The molecule has 4 aromatic carbocycles. The van der Waals surface area contributed by atoms with Gasteiger partial charge in [0.1, 0.15) is 0 Å². The third-order valence-corrected chi connectivity index (χ3v) is 9.85. The van der Waals surface area contributed by atoms with E-state index in [1.54, 1.807) is 11.1 Å². The number of aryl methyl sites for hydroxylation is 2. The average Bonchev–Trinajstić information content (AvgIpc) is 3.71. The van der Waals surface area contributed by atoms with Crippen LogP contribution in [0.4, 0.5) is 0 Å². The minimum atomic E-state index is 0.866. The molecule has 0 amide bonds. The summed E-state index contributed by atoms with van der Waals surface area (Å²) < 4.78 is 0. The predicted molar refractivity (Wildman–Crippen MR) is 138 cm³/mol. The molecule has 6 rings (SSSR count). The molecule has 0 bridgehead atoms. The van der Waals surface area contributed by atoms with E-state index >= 15 is 0 Å². The fraction of sp³-hybridized carbons (Fsp3) is 0.400. The number of benzene rings is 2. The zero-order valence-corrected chi connectivity index (χ0v) is 24.5. The summed E-state index contributed by atoms with van der Waals surface area (Å²) in [7, 11) is 0. The van der Waals surface area contributed by atoms with E-state index in [4.69, 9.17) is 0 Å². The number of unbranched alkanes of at least 4 members (excludes halogenated alkanes) is 1. The molecule has 2 fully saturated rings. The Morgan fingerprint density at radius 2 is 1.28 bits per heavy atom. The van der Waals surface area contributed by atoms with E-state index in [1.165, 1.54) is 106 Å². The summed E-state index contributed by atoms with van der Waals surface area (Å²) >= 11 is 1.43. The topological polar surface area (TPSA) is 0 Å². The van der Waals surface area contributed by atoms with Gasteiger partial charge in [0.05, 0.1) is 0 Å². The molecule has 0 heterocycles. The van der Waals surface area contributed by atoms with Gasteiger partial charge < -0.3 is 0 Å². The summed E-state index contributed by atoms with van der Waals surface area (Å²) in [6, 6.07) is 24.1. The molecule has 0 spiro atoms. The molecule has 0 N–H and O–H groups in total. The molecule has 2 aliphatic carbocycles. The second-order valence-corrected chi connectivity index (χ2v) is 14.3. The second-order valence-electron chi connectivity index (χ2n) is 9.59. The molecule has 2 heteroatoms. The van der Waals surface area contributed by atoms with Crippen molar-refractivity contribution in [2.75, 3.05) is 0 Å². The van der Waals surface area contributed by atoms with Gasteiger partial charge in [-0.25, -0.2) is 0 Å². The maximum Gasteiger partial charge on any atom is -0.0251 e. The standard InChI is InChI=1S/2C13H13.C4H9Si.Hf/c2*1-9-7-11-3-2-4-12(10-5-6-10)13(11)8-9;1-2-3-4-5;/h2*2-4,7-8,10H,5-6H2,1H3;2-4H2,1H3;/q2*-1;;+2. The van der Waals surface area contributed by atoms with Crippen molar-refractivity contribution in [1.82, 2.24) is 0 Å². The third-order valence-electron chi connectivity index (χ3n) is 6.55. The maximum absolute atomic E-state index is 2.32. The summed E-state index contributed by atoms with van der Waals surface area (Å²) in [5.41, 5.74) is 5.93. The van der Waals surface area contributed by atoms with Gasteiger partial charge in [-0.15, -0.1) is 69.1 Å². The van der Waals surface area contributed by atoms with E-state index in [9.17, 15) is 0 Å². The Hall–Kier alpha value is -1.25. The van der Waals surface area contributed by atoms with E-state index in [1.807, 2.05) is 0 Å². The van der Waals surface area contributed by atoms with Crippen LogP contribution in [0.2, 0.25) is 6.04 Å². The van der Waals surface area contributed by atoms with Crippen LogP contribution in [0.25, 0.3) is 21.5 Å². The summed E-state index contributed by atoms with van der Waals surface area (Å²) in [5, 5.41) is 5.81. The van der Waals surface area contributed by atoms with Crippen LogP contribution in [0.5, 0.6) is 0 Å². The first-order valence-electron chi connectivity index (χ1n) is 12.3. The van der Waals surface area contributed by atoms with Crippen LogP contribution in [0, 0.1) is 13.8 Å². The quantitative estimate of drug-likeness (QED) is 0.122. The number of hydrogen-bond donors (Lipinski definition) is 0. The molecule has 0 nitrogen and oxygen atoms in total. The number of hydrogen-bond acceptors (Lipinski definition) is 0. The fourth-order valence-electron chi connectivity index (χ4n) is 4.58. The van der Waals surface area contributed by atoms with Crippen LogP contribution < -0.4 is 0 Å². The molecule has 4 aromatic rings. The zero-order valence-electron chi connectivity index (χ0n) is 19.9. The molecular formula is C30H35HfSi. The SMILES string of the molecule is CCCC[Si]=[Hf+2].Cc1cc2c(C3CC3)cccc2[cH-]1.Cc1cc2c(C3CC3)cccc2[cH-]1. The molecule has 1 radical (unpaired) electrons. The van der Waals surface area contributed by atoms with E-state index in [2.05, 4.69) is 81.4 Å². The van der Waals surface area contributed by atoms with Crippen LogP contribution in [-0.2, 0) is 23.0 Å². The Morgan fingerprint density at radius 3 is 1.62 bits per heavy atom. The fourth-order valence-corrected chi connectivity index (χ4v) is 7.02. The Kier molecular flexibility index (Phi) is 8.40. The minimum absolute atomic E-state index is 0.866. The van der Waals surface area contributed by atoms with Crippen LogP contribution in [0.3, 0.4) is 0 Å². The van der Waals surface area contributed by atoms with Crippen molar-refractivity contribution in [1.29, 1.82) is 0 Å². The summed E-state index contributed by atoms with van der Waals surface area (Å²) in [4.78, 5) is 0. The molecule has 0 unspecified atom stereocenters. The van der Waals surface area contributed by atoms with Crippen molar-refractivity contribution in [3.05, 3.63) is 82.9 Å². The Bertz CT molecular complexity index is 1080. The van der Waals surface area contributed by atoms with E-state index in [0.717, 1.165) is 11.8 Å². The smallest absolute Gasteiger partial charge is 0.0251 e. The van der Waals surface area contributed by atoms with Crippen molar-refractivity contribution < 1.29 is 23.0 Å². The van der Waals surface area contributed by atoms with Gasteiger partial charge >= 0.3 is 55.0 Å². The van der Waals surface area contributed by atoms with Gasteiger partial charge in [-0.2, -0.15) is 12.1 Å². The van der Waals surface area contributed by atoms with Crippen LogP contribution >= 0.6 is 0 Å². The number of fused-ring (bicyclic) bond motifs is 2. The van der Waals surface area contributed by atoms with E-state index < -0.39 is 0 Å². The monoisotopic (exact) mass is 603 g/mol. The van der Waals surface area contributed by atoms with Crippen molar-refractivity contribution in [3.8, 4) is 0 Å². The molecular weight excluding hydrogens is 567 g/mol. The second kappa shape index (κ2) is 11.2. The first kappa shape index (κ1) is 23.9. The van der Waals surface area contributed by atoms with E-state index in [0.29, 0.717) is 0 Å². The average molecular weight is 602 g/mol. The Labute approximate surface area is 209 Å². The zero-order chi connectivity index (χ0) is 22.5. The van der Waals surface area contributed by atoms with Crippen molar-refractivity contribution in [2.45, 2.75) is 77.2 Å². The normalized spacial score (nSPS) is 15.2. The van der Waals surface area contributed by atoms with Crippen LogP contribution in [0.15, 0.2) is 60.7 Å². The molecule has 2 saturated carbocycles. The molecule has 0 aliphatic heterocycles. The van der Waals surface area contributed by atoms with Crippen molar-refractivity contribution in [2.24, 2.45) is 0 Å². The Balaban J connectivity index is 0.000000124. The molecule has 2 aliphatic rings. The molecule has 0 saturated heterocycles. The first-order valence-corrected chi connectivity index (χ1v) is 18.9. The summed E-state index contributed by atoms with van der Waals surface area (Å²) in [6.45, 7) is 6.61. The minimum Gasteiger partial charge on any atom is -0.165 e. The summed E-state index contributed by atoms with van der Waals surface area (Å²) in [6.07, 6.45) is 9.72. The molecule has 163 valence electrons. The first-order chi connectivity index (χ1) is 15.6.